The lowest BCUT2D eigenvalue weighted by molar-refractivity contribution is 0.169. The van der Waals surface area contributed by atoms with Gasteiger partial charge in [0.1, 0.15) is 12.0 Å². The molecule has 0 aliphatic carbocycles. The van der Waals surface area contributed by atoms with Crippen molar-refractivity contribution in [3.63, 3.8) is 0 Å². The van der Waals surface area contributed by atoms with Crippen LogP contribution in [0.25, 0.3) is 0 Å². The SMILES string of the molecule is CCCOc1cccc(CNC(=NC)N2CCN(Cc3ccon3)CC2)c1. The Kier molecular flexibility index (Phi) is 7.10. The van der Waals surface area contributed by atoms with Crippen molar-refractivity contribution in [2.24, 2.45) is 4.99 Å². The highest BCUT2D eigenvalue weighted by molar-refractivity contribution is 5.80. The summed E-state index contributed by atoms with van der Waals surface area (Å²) in [6, 6.07) is 10.2. The third-order valence-electron chi connectivity index (χ3n) is 4.58. The second kappa shape index (κ2) is 9.97. The van der Waals surface area contributed by atoms with Crippen molar-refractivity contribution in [3.05, 3.63) is 47.9 Å². The van der Waals surface area contributed by atoms with Crippen molar-refractivity contribution >= 4 is 5.96 Å². The summed E-state index contributed by atoms with van der Waals surface area (Å²) in [5.74, 6) is 1.86. The summed E-state index contributed by atoms with van der Waals surface area (Å²) in [6.45, 7) is 8.27. The normalized spacial score (nSPS) is 15.8. The monoisotopic (exact) mass is 371 g/mol. The van der Waals surface area contributed by atoms with Gasteiger partial charge in [0, 0.05) is 52.4 Å². The van der Waals surface area contributed by atoms with E-state index in [0.717, 1.165) is 69.7 Å². The lowest BCUT2D eigenvalue weighted by atomic mass is 10.2. The van der Waals surface area contributed by atoms with Gasteiger partial charge in [0.2, 0.25) is 0 Å². The van der Waals surface area contributed by atoms with Crippen LogP contribution in [0.15, 0.2) is 46.1 Å². The predicted molar refractivity (Wildman–Crippen MR) is 106 cm³/mol. The number of nitrogens with zero attached hydrogens (tertiary/aromatic N) is 4. The van der Waals surface area contributed by atoms with Gasteiger partial charge in [0.25, 0.3) is 0 Å². The van der Waals surface area contributed by atoms with Crippen LogP contribution in [0.2, 0.25) is 0 Å². The van der Waals surface area contributed by atoms with Crippen molar-refractivity contribution in [1.29, 1.82) is 0 Å². The molecule has 1 aliphatic heterocycles. The van der Waals surface area contributed by atoms with Gasteiger partial charge in [-0.05, 0) is 24.1 Å². The highest BCUT2D eigenvalue weighted by Gasteiger charge is 2.20. The predicted octanol–water partition coefficient (Wildman–Crippen LogP) is 2.36. The number of nitrogens with one attached hydrogen (secondary N) is 1. The Morgan fingerprint density at radius 1 is 1.26 bits per heavy atom. The van der Waals surface area contributed by atoms with Gasteiger partial charge in [0.15, 0.2) is 5.96 Å². The summed E-state index contributed by atoms with van der Waals surface area (Å²) in [6.07, 6.45) is 2.64. The molecule has 1 N–H and O–H groups in total. The van der Waals surface area contributed by atoms with Crippen LogP contribution >= 0.6 is 0 Å². The van der Waals surface area contributed by atoms with Crippen molar-refractivity contribution in [3.8, 4) is 5.75 Å². The molecule has 1 aromatic carbocycles. The zero-order valence-electron chi connectivity index (χ0n) is 16.2. The highest BCUT2D eigenvalue weighted by Crippen LogP contribution is 2.14. The van der Waals surface area contributed by atoms with Gasteiger partial charge in [-0.15, -0.1) is 0 Å². The minimum Gasteiger partial charge on any atom is -0.494 e. The molecule has 1 aromatic heterocycles. The van der Waals surface area contributed by atoms with Gasteiger partial charge in [-0.2, -0.15) is 0 Å². The smallest absolute Gasteiger partial charge is 0.194 e. The Balaban J connectivity index is 1.47. The fraction of sp³-hybridized carbons (Fsp3) is 0.500. The molecular weight excluding hydrogens is 342 g/mol. The first-order valence-electron chi connectivity index (χ1n) is 9.57. The Morgan fingerprint density at radius 2 is 2.11 bits per heavy atom. The number of ether oxygens (including phenoxy) is 1. The number of rotatable bonds is 7. The third-order valence-corrected chi connectivity index (χ3v) is 4.58. The Morgan fingerprint density at radius 3 is 2.81 bits per heavy atom. The Labute approximate surface area is 161 Å². The van der Waals surface area contributed by atoms with E-state index in [4.69, 9.17) is 9.26 Å². The number of aliphatic imine (C=N–C) groups is 1. The number of aromatic nitrogens is 1. The molecule has 0 spiro atoms. The zero-order valence-corrected chi connectivity index (χ0v) is 16.2. The van der Waals surface area contributed by atoms with E-state index in [1.165, 1.54) is 5.56 Å². The maximum atomic E-state index is 5.71. The van der Waals surface area contributed by atoms with Gasteiger partial charge in [-0.1, -0.05) is 24.2 Å². The minimum atomic E-state index is 0.731. The summed E-state index contributed by atoms with van der Waals surface area (Å²) >= 11 is 0. The van der Waals surface area contributed by atoms with Crippen LogP contribution in [0.4, 0.5) is 0 Å². The van der Waals surface area contributed by atoms with Gasteiger partial charge < -0.3 is 19.5 Å². The molecule has 3 rings (SSSR count). The summed E-state index contributed by atoms with van der Waals surface area (Å²) in [7, 11) is 1.84. The van der Waals surface area contributed by atoms with Crippen LogP contribution in [0.3, 0.4) is 0 Å². The fourth-order valence-electron chi connectivity index (χ4n) is 3.14. The molecule has 2 heterocycles. The van der Waals surface area contributed by atoms with E-state index in [9.17, 15) is 0 Å². The molecule has 7 nitrogen and oxygen atoms in total. The Bertz CT molecular complexity index is 709. The number of guanidine groups is 1. The summed E-state index contributed by atoms with van der Waals surface area (Å²) < 4.78 is 10.6. The summed E-state index contributed by atoms with van der Waals surface area (Å²) in [5, 5.41) is 7.47. The third kappa shape index (κ3) is 5.72. The molecule has 0 amide bonds. The van der Waals surface area contributed by atoms with Gasteiger partial charge in [0.05, 0.1) is 12.3 Å². The first-order chi connectivity index (χ1) is 13.3. The number of benzene rings is 1. The molecule has 0 saturated carbocycles. The Hall–Kier alpha value is -2.54. The van der Waals surface area contributed by atoms with Crippen molar-refractivity contribution in [1.82, 2.24) is 20.3 Å². The minimum absolute atomic E-state index is 0.731. The molecule has 0 unspecified atom stereocenters. The van der Waals surface area contributed by atoms with Gasteiger partial charge >= 0.3 is 0 Å². The highest BCUT2D eigenvalue weighted by atomic mass is 16.5. The molecule has 27 heavy (non-hydrogen) atoms. The van der Waals surface area contributed by atoms with Crippen molar-refractivity contribution in [2.75, 3.05) is 39.8 Å². The number of piperazine rings is 1. The molecule has 1 saturated heterocycles. The first-order valence-corrected chi connectivity index (χ1v) is 9.57. The average molecular weight is 371 g/mol. The quantitative estimate of drug-likeness (QED) is 0.595. The fourth-order valence-corrected chi connectivity index (χ4v) is 3.14. The lowest BCUT2D eigenvalue weighted by Crippen LogP contribution is -2.52. The molecule has 2 aromatic rings. The van der Waals surface area contributed by atoms with Crippen LogP contribution in [0.1, 0.15) is 24.6 Å². The summed E-state index contributed by atoms with van der Waals surface area (Å²) in [5.41, 5.74) is 2.17. The number of hydrogen-bond acceptors (Lipinski definition) is 5. The lowest BCUT2D eigenvalue weighted by Gasteiger charge is -2.36. The molecule has 0 atom stereocenters. The molecule has 7 heteroatoms. The van der Waals surface area contributed by atoms with Gasteiger partial charge in [-0.3, -0.25) is 9.89 Å². The largest absolute Gasteiger partial charge is 0.494 e. The van der Waals surface area contributed by atoms with E-state index in [0.29, 0.717) is 0 Å². The maximum Gasteiger partial charge on any atom is 0.194 e. The first kappa shape index (κ1) is 19.2. The molecule has 0 bridgehead atoms. The topological polar surface area (TPSA) is 66.1 Å². The van der Waals surface area contributed by atoms with E-state index in [1.54, 1.807) is 6.26 Å². The van der Waals surface area contributed by atoms with Crippen LogP contribution in [-0.4, -0.2) is 60.7 Å². The van der Waals surface area contributed by atoms with E-state index in [2.05, 4.69) is 44.3 Å². The second-order valence-corrected chi connectivity index (χ2v) is 6.65. The van der Waals surface area contributed by atoms with Crippen LogP contribution in [0, 0.1) is 0 Å². The number of hydrogen-bond donors (Lipinski definition) is 1. The average Bonchev–Trinajstić information content (AvgIpc) is 3.21. The molecule has 0 radical (unpaired) electrons. The summed E-state index contributed by atoms with van der Waals surface area (Å²) in [4.78, 5) is 9.14. The van der Waals surface area contributed by atoms with E-state index in [-0.39, 0.29) is 0 Å². The molecule has 1 fully saturated rings. The van der Waals surface area contributed by atoms with E-state index < -0.39 is 0 Å². The van der Waals surface area contributed by atoms with E-state index >= 15 is 0 Å². The van der Waals surface area contributed by atoms with Crippen LogP contribution in [-0.2, 0) is 13.1 Å². The van der Waals surface area contributed by atoms with Gasteiger partial charge in [-0.25, -0.2) is 0 Å². The van der Waals surface area contributed by atoms with Crippen molar-refractivity contribution in [2.45, 2.75) is 26.4 Å². The van der Waals surface area contributed by atoms with Crippen LogP contribution < -0.4 is 10.1 Å². The van der Waals surface area contributed by atoms with E-state index in [1.807, 2.05) is 25.2 Å². The second-order valence-electron chi connectivity index (χ2n) is 6.65. The standard InChI is InChI=1S/C20H29N5O2/c1-3-12-26-19-6-4-5-17(14-19)15-22-20(21-2)25-10-8-24(9-11-25)16-18-7-13-27-23-18/h4-7,13-14H,3,8-12,15-16H2,1-2H3,(H,21,22). The zero-order chi connectivity index (χ0) is 18.9. The van der Waals surface area contributed by atoms with Crippen molar-refractivity contribution < 1.29 is 9.26 Å². The van der Waals surface area contributed by atoms with Crippen LogP contribution in [0.5, 0.6) is 5.75 Å². The molecule has 1 aliphatic rings. The maximum absolute atomic E-state index is 5.71. The molecular formula is C20H29N5O2. The molecule has 146 valence electrons.